The maximum atomic E-state index is 13.2. The van der Waals surface area contributed by atoms with Crippen LogP contribution in [-0.4, -0.2) is 35.3 Å². The molecule has 1 aromatic carbocycles. The molecule has 2 unspecified atom stereocenters. The summed E-state index contributed by atoms with van der Waals surface area (Å²) >= 11 is 3.16. The molecule has 5 heteroatoms. The minimum atomic E-state index is -0.237. The molecule has 3 nitrogen and oxygen atoms in total. The van der Waals surface area contributed by atoms with Gasteiger partial charge in [-0.25, -0.2) is 4.39 Å². The number of piperidine rings is 1. The predicted molar refractivity (Wildman–Crippen MR) is 72.1 cm³/mol. The van der Waals surface area contributed by atoms with E-state index in [9.17, 15) is 9.18 Å². The monoisotopic (exact) mass is 314 g/mol. The Kier molecular flexibility index (Phi) is 4.35. The maximum Gasteiger partial charge on any atom is 0.233 e. The number of alkyl halides is 1. The standard InChI is InChI=1S/C13H16BrFN2O/c14-7-13(18)17-5-4-11(12(16)8-17)9-2-1-3-10(15)6-9/h1-3,6,11-12H,4-5,7-8,16H2. The first-order valence-electron chi connectivity index (χ1n) is 5.96. The molecule has 0 aromatic heterocycles. The molecule has 1 aromatic rings. The van der Waals surface area contributed by atoms with Crippen molar-refractivity contribution in [2.75, 3.05) is 18.4 Å². The molecule has 0 bridgehead atoms. The van der Waals surface area contributed by atoms with Crippen LogP contribution in [0.15, 0.2) is 24.3 Å². The van der Waals surface area contributed by atoms with Crippen LogP contribution in [0.2, 0.25) is 0 Å². The van der Waals surface area contributed by atoms with Gasteiger partial charge in [-0.2, -0.15) is 0 Å². The fourth-order valence-corrected chi connectivity index (χ4v) is 2.80. The van der Waals surface area contributed by atoms with Crippen molar-refractivity contribution in [1.29, 1.82) is 0 Å². The van der Waals surface area contributed by atoms with E-state index in [2.05, 4.69) is 15.9 Å². The number of hydrogen-bond acceptors (Lipinski definition) is 2. The summed E-state index contributed by atoms with van der Waals surface area (Å²) < 4.78 is 13.2. The number of carbonyl (C=O) groups is 1. The number of benzene rings is 1. The van der Waals surface area contributed by atoms with Crippen LogP contribution in [0.1, 0.15) is 17.9 Å². The minimum Gasteiger partial charge on any atom is -0.340 e. The number of carbonyl (C=O) groups excluding carboxylic acids is 1. The topological polar surface area (TPSA) is 46.3 Å². The van der Waals surface area contributed by atoms with Crippen LogP contribution in [0.5, 0.6) is 0 Å². The van der Waals surface area contributed by atoms with E-state index in [1.165, 1.54) is 12.1 Å². The highest BCUT2D eigenvalue weighted by molar-refractivity contribution is 9.09. The van der Waals surface area contributed by atoms with Gasteiger partial charge in [-0.15, -0.1) is 0 Å². The number of rotatable bonds is 2. The molecule has 0 radical (unpaired) electrons. The summed E-state index contributed by atoms with van der Waals surface area (Å²) in [5.74, 6) is -0.0538. The van der Waals surface area contributed by atoms with Gasteiger partial charge in [-0.3, -0.25) is 4.79 Å². The van der Waals surface area contributed by atoms with Crippen molar-refractivity contribution in [3.63, 3.8) is 0 Å². The lowest BCUT2D eigenvalue weighted by Gasteiger charge is -2.36. The second kappa shape index (κ2) is 5.80. The van der Waals surface area contributed by atoms with E-state index >= 15 is 0 Å². The van der Waals surface area contributed by atoms with Gasteiger partial charge in [0.2, 0.25) is 5.91 Å². The first-order valence-corrected chi connectivity index (χ1v) is 7.08. The van der Waals surface area contributed by atoms with Crippen LogP contribution in [-0.2, 0) is 4.79 Å². The Labute approximate surface area is 114 Å². The van der Waals surface area contributed by atoms with Crippen LogP contribution in [0.25, 0.3) is 0 Å². The van der Waals surface area contributed by atoms with Crippen LogP contribution in [0.3, 0.4) is 0 Å². The van der Waals surface area contributed by atoms with Crippen molar-refractivity contribution in [3.05, 3.63) is 35.6 Å². The maximum absolute atomic E-state index is 13.2. The Bertz CT molecular complexity index is 441. The van der Waals surface area contributed by atoms with Gasteiger partial charge in [-0.1, -0.05) is 28.1 Å². The van der Waals surface area contributed by atoms with Gasteiger partial charge in [0.1, 0.15) is 5.82 Å². The second-order valence-electron chi connectivity index (χ2n) is 4.59. The molecule has 1 saturated heterocycles. The largest absolute Gasteiger partial charge is 0.340 e. The van der Waals surface area contributed by atoms with Crippen LogP contribution >= 0.6 is 15.9 Å². The van der Waals surface area contributed by atoms with Gasteiger partial charge in [0.15, 0.2) is 0 Å². The summed E-state index contributed by atoms with van der Waals surface area (Å²) in [5.41, 5.74) is 7.04. The first kappa shape index (κ1) is 13.5. The Morgan fingerprint density at radius 3 is 2.94 bits per heavy atom. The molecule has 1 fully saturated rings. The lowest BCUT2D eigenvalue weighted by molar-refractivity contribution is -0.129. The number of nitrogens with zero attached hydrogens (tertiary/aromatic N) is 1. The van der Waals surface area contributed by atoms with Crippen molar-refractivity contribution in [1.82, 2.24) is 4.90 Å². The highest BCUT2D eigenvalue weighted by atomic mass is 79.9. The van der Waals surface area contributed by atoms with E-state index in [4.69, 9.17) is 5.73 Å². The lowest BCUT2D eigenvalue weighted by Crippen LogP contribution is -2.49. The van der Waals surface area contributed by atoms with Crippen LogP contribution in [0, 0.1) is 5.82 Å². The quantitative estimate of drug-likeness (QED) is 0.847. The Morgan fingerprint density at radius 1 is 1.56 bits per heavy atom. The molecule has 18 heavy (non-hydrogen) atoms. The molecule has 1 aliphatic heterocycles. The highest BCUT2D eigenvalue weighted by Gasteiger charge is 2.29. The van der Waals surface area contributed by atoms with E-state index in [0.717, 1.165) is 12.0 Å². The molecule has 2 atom stereocenters. The molecular formula is C13H16BrFN2O. The SMILES string of the molecule is NC1CN(C(=O)CBr)CCC1c1cccc(F)c1. The van der Waals surface area contributed by atoms with Crippen molar-refractivity contribution < 1.29 is 9.18 Å². The van der Waals surface area contributed by atoms with Crippen LogP contribution < -0.4 is 5.73 Å². The summed E-state index contributed by atoms with van der Waals surface area (Å²) in [4.78, 5) is 13.3. The van der Waals surface area contributed by atoms with E-state index in [-0.39, 0.29) is 23.7 Å². The third kappa shape index (κ3) is 2.90. The normalized spacial score (nSPS) is 24.1. The highest BCUT2D eigenvalue weighted by Crippen LogP contribution is 2.27. The number of hydrogen-bond donors (Lipinski definition) is 1. The van der Waals surface area contributed by atoms with Crippen molar-refractivity contribution >= 4 is 21.8 Å². The van der Waals surface area contributed by atoms with E-state index in [0.29, 0.717) is 18.4 Å². The zero-order chi connectivity index (χ0) is 13.1. The third-order valence-corrected chi connectivity index (χ3v) is 3.88. The van der Waals surface area contributed by atoms with E-state index in [1.54, 1.807) is 11.0 Å². The molecule has 1 heterocycles. The van der Waals surface area contributed by atoms with Crippen molar-refractivity contribution in [2.45, 2.75) is 18.4 Å². The molecule has 0 spiro atoms. The number of nitrogens with two attached hydrogens (primary N) is 1. The second-order valence-corrected chi connectivity index (χ2v) is 5.15. The predicted octanol–water partition coefficient (Wildman–Crippen LogP) is 1.86. The van der Waals surface area contributed by atoms with Gasteiger partial charge in [-0.05, 0) is 24.1 Å². The summed E-state index contributed by atoms with van der Waals surface area (Å²) in [5, 5.41) is 0.324. The Balaban J connectivity index is 2.08. The Morgan fingerprint density at radius 2 is 2.33 bits per heavy atom. The lowest BCUT2D eigenvalue weighted by atomic mass is 9.86. The first-order chi connectivity index (χ1) is 8.61. The number of halogens is 2. The average Bonchev–Trinajstić information content (AvgIpc) is 2.37. The smallest absolute Gasteiger partial charge is 0.233 e. The van der Waals surface area contributed by atoms with Gasteiger partial charge in [0, 0.05) is 25.0 Å². The molecule has 98 valence electrons. The molecular weight excluding hydrogens is 299 g/mol. The molecule has 2 N–H and O–H groups in total. The van der Waals surface area contributed by atoms with Gasteiger partial charge >= 0.3 is 0 Å². The fourth-order valence-electron chi connectivity index (χ4n) is 2.44. The van der Waals surface area contributed by atoms with Crippen molar-refractivity contribution in [3.8, 4) is 0 Å². The van der Waals surface area contributed by atoms with Crippen LogP contribution in [0.4, 0.5) is 4.39 Å². The van der Waals surface area contributed by atoms with E-state index < -0.39 is 0 Å². The minimum absolute atomic E-state index is 0.0585. The van der Waals surface area contributed by atoms with E-state index in [1.807, 2.05) is 6.07 Å². The zero-order valence-electron chi connectivity index (χ0n) is 9.98. The van der Waals surface area contributed by atoms with Gasteiger partial charge in [0.05, 0.1) is 5.33 Å². The average molecular weight is 315 g/mol. The molecule has 1 amide bonds. The summed E-state index contributed by atoms with van der Waals surface area (Å²) in [6.45, 7) is 1.21. The fraction of sp³-hybridized carbons (Fsp3) is 0.462. The summed E-state index contributed by atoms with van der Waals surface area (Å²) in [7, 11) is 0. The number of amides is 1. The van der Waals surface area contributed by atoms with Gasteiger partial charge in [0.25, 0.3) is 0 Å². The van der Waals surface area contributed by atoms with Crippen molar-refractivity contribution in [2.24, 2.45) is 5.73 Å². The summed E-state index contributed by atoms with van der Waals surface area (Å²) in [6.07, 6.45) is 0.781. The molecule has 2 rings (SSSR count). The van der Waals surface area contributed by atoms with Gasteiger partial charge < -0.3 is 10.6 Å². The zero-order valence-corrected chi connectivity index (χ0v) is 11.6. The molecule has 1 aliphatic rings. The summed E-state index contributed by atoms with van der Waals surface area (Å²) in [6, 6.07) is 6.43. The third-order valence-electron chi connectivity index (χ3n) is 3.40. The Hall–Kier alpha value is -0.940. The molecule has 0 aliphatic carbocycles. The molecule has 0 saturated carbocycles. The number of likely N-dealkylation sites (tertiary alicyclic amines) is 1.